The second-order valence-corrected chi connectivity index (χ2v) is 6.46. The van der Waals surface area contributed by atoms with Crippen LogP contribution in [-0.4, -0.2) is 43.8 Å². The number of hydrogen-bond donors (Lipinski definition) is 0. The van der Waals surface area contributed by atoms with E-state index in [2.05, 4.69) is 0 Å². The van der Waals surface area contributed by atoms with E-state index in [-0.39, 0.29) is 16.8 Å². The van der Waals surface area contributed by atoms with E-state index in [0.29, 0.717) is 16.9 Å². The van der Waals surface area contributed by atoms with Crippen molar-refractivity contribution in [1.82, 2.24) is 4.57 Å². The van der Waals surface area contributed by atoms with Crippen LogP contribution < -0.4 is 0 Å². The van der Waals surface area contributed by atoms with Crippen LogP contribution in [0.4, 0.5) is 0 Å². The molecule has 1 aromatic heterocycles. The number of hydrogen-bond acceptors (Lipinski definition) is 6. The number of carbonyl (C=O) groups excluding carboxylic acids is 3. The van der Waals surface area contributed by atoms with Crippen molar-refractivity contribution < 1.29 is 28.6 Å². The van der Waals surface area contributed by atoms with Crippen molar-refractivity contribution >= 4 is 17.9 Å². The Bertz CT molecular complexity index is 1100. The van der Waals surface area contributed by atoms with Crippen molar-refractivity contribution in [2.75, 3.05) is 21.3 Å². The van der Waals surface area contributed by atoms with E-state index in [9.17, 15) is 14.4 Å². The van der Waals surface area contributed by atoms with Crippen LogP contribution in [0.25, 0.3) is 16.9 Å². The van der Waals surface area contributed by atoms with Crippen molar-refractivity contribution in [3.8, 4) is 16.9 Å². The minimum absolute atomic E-state index is 0.0718. The number of esters is 3. The van der Waals surface area contributed by atoms with E-state index >= 15 is 0 Å². The van der Waals surface area contributed by atoms with E-state index in [4.69, 9.17) is 14.2 Å². The Kier molecular flexibility index (Phi) is 6.01. The van der Waals surface area contributed by atoms with Gasteiger partial charge in [-0.15, -0.1) is 0 Å². The molecular formula is C23H21NO6. The van der Waals surface area contributed by atoms with E-state index in [1.165, 1.54) is 25.9 Å². The molecule has 0 unspecified atom stereocenters. The highest BCUT2D eigenvalue weighted by atomic mass is 16.5. The third-order valence-corrected chi connectivity index (χ3v) is 4.67. The van der Waals surface area contributed by atoms with E-state index in [1.807, 2.05) is 25.1 Å². The molecule has 0 aliphatic heterocycles. The lowest BCUT2D eigenvalue weighted by atomic mass is 10.0. The normalized spacial score (nSPS) is 10.4. The molecule has 0 atom stereocenters. The Morgan fingerprint density at radius 3 is 1.77 bits per heavy atom. The summed E-state index contributed by atoms with van der Waals surface area (Å²) in [6, 6.07) is 16.2. The smallest absolute Gasteiger partial charge is 0.355 e. The first kappa shape index (κ1) is 20.9. The van der Waals surface area contributed by atoms with Gasteiger partial charge in [0.1, 0.15) is 16.8 Å². The predicted octanol–water partition coefficient (Wildman–Crippen LogP) is 3.81. The molecule has 1 heterocycles. The molecule has 0 aliphatic carbocycles. The zero-order valence-corrected chi connectivity index (χ0v) is 17.1. The average Bonchev–Trinajstić information content (AvgIpc) is 3.14. The Morgan fingerprint density at radius 1 is 0.700 bits per heavy atom. The third kappa shape index (κ3) is 3.57. The minimum Gasteiger partial charge on any atom is -0.465 e. The lowest BCUT2D eigenvalue weighted by molar-refractivity contribution is 0.0536. The van der Waals surface area contributed by atoms with Gasteiger partial charge in [-0.05, 0) is 24.6 Å². The molecule has 0 saturated heterocycles. The first-order valence-electron chi connectivity index (χ1n) is 9.10. The number of carbonyl (C=O) groups is 3. The van der Waals surface area contributed by atoms with Crippen LogP contribution in [0.15, 0.2) is 54.6 Å². The fraction of sp³-hybridized carbons (Fsp3) is 0.174. The van der Waals surface area contributed by atoms with Crippen molar-refractivity contribution in [3.05, 3.63) is 77.0 Å². The van der Waals surface area contributed by atoms with E-state index in [1.54, 1.807) is 36.4 Å². The van der Waals surface area contributed by atoms with Crippen molar-refractivity contribution in [3.63, 3.8) is 0 Å². The van der Waals surface area contributed by atoms with Gasteiger partial charge >= 0.3 is 17.9 Å². The Hall–Kier alpha value is -3.87. The van der Waals surface area contributed by atoms with Gasteiger partial charge < -0.3 is 18.8 Å². The molecule has 0 fully saturated rings. The molecular weight excluding hydrogens is 386 g/mol. The Labute approximate surface area is 173 Å². The summed E-state index contributed by atoms with van der Waals surface area (Å²) in [7, 11) is 3.59. The van der Waals surface area contributed by atoms with Crippen molar-refractivity contribution in [2.24, 2.45) is 0 Å². The number of rotatable bonds is 5. The second-order valence-electron chi connectivity index (χ2n) is 6.46. The van der Waals surface area contributed by atoms with Crippen LogP contribution in [0.2, 0.25) is 0 Å². The fourth-order valence-corrected chi connectivity index (χ4v) is 3.28. The maximum absolute atomic E-state index is 12.8. The third-order valence-electron chi connectivity index (χ3n) is 4.67. The molecule has 0 radical (unpaired) electrons. The largest absolute Gasteiger partial charge is 0.465 e. The predicted molar refractivity (Wildman–Crippen MR) is 110 cm³/mol. The van der Waals surface area contributed by atoms with Gasteiger partial charge in [0.15, 0.2) is 0 Å². The van der Waals surface area contributed by atoms with Gasteiger partial charge in [-0.1, -0.05) is 48.0 Å². The van der Waals surface area contributed by atoms with E-state index in [0.717, 1.165) is 5.56 Å². The van der Waals surface area contributed by atoms with Crippen LogP contribution >= 0.6 is 0 Å². The summed E-state index contributed by atoms with van der Waals surface area (Å²) in [6.45, 7) is 1.93. The molecule has 30 heavy (non-hydrogen) atoms. The van der Waals surface area contributed by atoms with Crippen molar-refractivity contribution in [1.29, 1.82) is 0 Å². The Morgan fingerprint density at radius 2 is 1.23 bits per heavy atom. The van der Waals surface area contributed by atoms with Gasteiger partial charge in [0.05, 0.1) is 27.0 Å². The summed E-state index contributed by atoms with van der Waals surface area (Å²) < 4.78 is 16.3. The average molecular weight is 407 g/mol. The monoisotopic (exact) mass is 407 g/mol. The van der Waals surface area contributed by atoms with Crippen LogP contribution in [0, 0.1) is 6.92 Å². The fourth-order valence-electron chi connectivity index (χ4n) is 3.28. The Balaban J connectivity index is 2.56. The molecule has 0 saturated carbocycles. The molecule has 0 aliphatic rings. The number of para-hydroxylation sites is 1. The summed E-state index contributed by atoms with van der Waals surface area (Å²) in [5, 5.41) is 0. The van der Waals surface area contributed by atoms with Crippen LogP contribution in [0.5, 0.6) is 0 Å². The van der Waals surface area contributed by atoms with Gasteiger partial charge in [-0.3, -0.25) is 0 Å². The number of nitrogens with zero attached hydrogens (tertiary/aromatic N) is 1. The highest BCUT2D eigenvalue weighted by Crippen LogP contribution is 2.36. The van der Waals surface area contributed by atoms with Gasteiger partial charge in [0.2, 0.25) is 0 Å². The zero-order valence-electron chi connectivity index (χ0n) is 17.1. The number of ether oxygens (including phenoxy) is 3. The highest BCUT2D eigenvalue weighted by Gasteiger charge is 2.37. The van der Waals surface area contributed by atoms with Crippen LogP contribution in [-0.2, 0) is 14.2 Å². The molecule has 2 aromatic carbocycles. The molecule has 154 valence electrons. The highest BCUT2D eigenvalue weighted by molar-refractivity contribution is 6.14. The lowest BCUT2D eigenvalue weighted by Crippen LogP contribution is -2.16. The first-order valence-corrected chi connectivity index (χ1v) is 9.10. The number of aromatic nitrogens is 1. The van der Waals surface area contributed by atoms with Crippen LogP contribution in [0.3, 0.4) is 0 Å². The molecule has 7 nitrogen and oxygen atoms in total. The van der Waals surface area contributed by atoms with Gasteiger partial charge in [-0.2, -0.15) is 0 Å². The lowest BCUT2D eigenvalue weighted by Gasteiger charge is -2.14. The minimum atomic E-state index is -0.848. The van der Waals surface area contributed by atoms with Gasteiger partial charge in [0, 0.05) is 5.69 Å². The topological polar surface area (TPSA) is 83.8 Å². The quantitative estimate of drug-likeness (QED) is 0.472. The van der Waals surface area contributed by atoms with Gasteiger partial charge in [0.25, 0.3) is 0 Å². The van der Waals surface area contributed by atoms with Crippen LogP contribution in [0.1, 0.15) is 36.8 Å². The number of methoxy groups -OCH3 is 3. The first-order chi connectivity index (χ1) is 14.4. The summed E-state index contributed by atoms with van der Waals surface area (Å²) in [5.41, 5.74) is 2.12. The molecule has 7 heteroatoms. The summed E-state index contributed by atoms with van der Waals surface area (Å²) >= 11 is 0. The number of aryl methyl sites for hydroxylation is 1. The van der Waals surface area contributed by atoms with Gasteiger partial charge in [-0.25, -0.2) is 14.4 Å². The summed E-state index contributed by atoms with van der Waals surface area (Å²) in [4.78, 5) is 38.4. The SMILES string of the molecule is COC(=O)c1c(C(=O)OC)c(-c2ccc(C)cc2)n(-c2ccccc2)c1C(=O)OC. The molecule has 3 rings (SSSR count). The summed E-state index contributed by atoms with van der Waals surface area (Å²) in [5.74, 6) is -2.41. The second kappa shape index (κ2) is 8.65. The maximum Gasteiger partial charge on any atom is 0.355 e. The van der Waals surface area contributed by atoms with E-state index < -0.39 is 17.9 Å². The number of benzene rings is 2. The summed E-state index contributed by atoms with van der Waals surface area (Å²) in [6.07, 6.45) is 0. The molecule has 0 bridgehead atoms. The van der Waals surface area contributed by atoms with Crippen molar-refractivity contribution in [2.45, 2.75) is 6.92 Å². The molecule has 0 N–H and O–H groups in total. The maximum atomic E-state index is 12.8. The molecule has 0 spiro atoms. The molecule has 3 aromatic rings. The molecule has 0 amide bonds. The standard InChI is InChI=1S/C23H21NO6/c1-14-10-12-15(13-11-14)19-17(21(25)28-2)18(22(26)29-3)20(23(27)30-4)24(19)16-8-6-5-7-9-16/h5-13H,1-4H3. The zero-order chi connectivity index (χ0) is 21.8.